The molecule has 0 aliphatic carbocycles. The number of non-ortho nitro benzene ring substituents is 1. The van der Waals surface area contributed by atoms with Crippen LogP contribution in [-0.4, -0.2) is 54.8 Å². The number of nitrogens with one attached hydrogen (secondary N) is 1. The molecule has 1 aliphatic heterocycles. The molecule has 1 aliphatic rings. The van der Waals surface area contributed by atoms with E-state index in [1.165, 1.54) is 41.2 Å². The molecule has 194 valence electrons. The lowest BCUT2D eigenvalue weighted by Gasteiger charge is -2.28. The Hall–Kier alpha value is -4.18. The van der Waals surface area contributed by atoms with Crippen molar-refractivity contribution in [3.05, 3.63) is 81.3 Å². The van der Waals surface area contributed by atoms with Crippen LogP contribution in [0.3, 0.4) is 0 Å². The van der Waals surface area contributed by atoms with Crippen LogP contribution in [0.2, 0.25) is 0 Å². The fraction of sp³-hybridized carbons (Fsp3) is 0.333. The first-order valence-electron chi connectivity index (χ1n) is 12.2. The Bertz CT molecular complexity index is 1370. The summed E-state index contributed by atoms with van der Waals surface area (Å²) in [5.41, 5.74) is 0.188. The molecular formula is C27H29N3O7. The summed E-state index contributed by atoms with van der Waals surface area (Å²) in [5, 5.41) is 25.3. The summed E-state index contributed by atoms with van der Waals surface area (Å²) in [4.78, 5) is 40.4. The summed E-state index contributed by atoms with van der Waals surface area (Å²) in [6, 6.07) is 11.3. The van der Waals surface area contributed by atoms with Crippen molar-refractivity contribution >= 4 is 28.3 Å². The monoisotopic (exact) mass is 507 g/mol. The number of nitro benzene ring substituents is 1. The number of hydrogen-bond donors (Lipinski definition) is 1. The number of para-hydroxylation sites is 1. The quantitative estimate of drug-likeness (QED) is 0.239. The Labute approximate surface area is 213 Å². The normalized spacial score (nSPS) is 15.7. The van der Waals surface area contributed by atoms with Crippen LogP contribution in [0.25, 0.3) is 11.0 Å². The van der Waals surface area contributed by atoms with Gasteiger partial charge in [0.05, 0.1) is 37.7 Å². The zero-order valence-corrected chi connectivity index (χ0v) is 21.0. The maximum Gasteiger partial charge on any atom is 0.269 e. The van der Waals surface area contributed by atoms with Gasteiger partial charge < -0.3 is 24.1 Å². The maximum atomic E-state index is 13.7. The number of benzene rings is 2. The summed E-state index contributed by atoms with van der Waals surface area (Å²) >= 11 is 0. The molecule has 0 spiro atoms. The number of ketones is 1. The second-order valence-electron chi connectivity index (χ2n) is 8.88. The van der Waals surface area contributed by atoms with Gasteiger partial charge in [-0.1, -0.05) is 24.3 Å². The highest BCUT2D eigenvalue weighted by atomic mass is 16.6. The summed E-state index contributed by atoms with van der Waals surface area (Å²) in [7, 11) is 1.48. The minimum absolute atomic E-state index is 0.111. The summed E-state index contributed by atoms with van der Waals surface area (Å²) in [6.45, 7) is 6.99. The van der Waals surface area contributed by atoms with Gasteiger partial charge in [0.25, 0.3) is 5.69 Å². The lowest BCUT2D eigenvalue weighted by molar-refractivity contribution is -0.896. The third-order valence-corrected chi connectivity index (χ3v) is 6.81. The van der Waals surface area contributed by atoms with Crippen molar-refractivity contribution < 1.29 is 33.7 Å². The van der Waals surface area contributed by atoms with Gasteiger partial charge in [-0.25, -0.2) is 0 Å². The summed E-state index contributed by atoms with van der Waals surface area (Å²) in [5.74, 6) is -2.15. The molecule has 1 atom stereocenters. The first-order valence-corrected chi connectivity index (χ1v) is 12.2. The predicted octanol–water partition coefficient (Wildman–Crippen LogP) is 2.05. The van der Waals surface area contributed by atoms with Crippen molar-refractivity contribution in [2.24, 2.45) is 0 Å². The van der Waals surface area contributed by atoms with Crippen molar-refractivity contribution in [1.82, 2.24) is 4.90 Å². The van der Waals surface area contributed by atoms with E-state index in [1.807, 2.05) is 0 Å². The number of fused-ring (bicyclic) bond motifs is 1. The van der Waals surface area contributed by atoms with Crippen LogP contribution in [-0.2, 0) is 4.79 Å². The lowest BCUT2D eigenvalue weighted by atomic mass is 9.94. The molecule has 2 heterocycles. The van der Waals surface area contributed by atoms with Gasteiger partial charge in [-0.05, 0) is 37.3 Å². The van der Waals surface area contributed by atoms with E-state index in [0.717, 1.165) is 19.6 Å². The number of carbonyl (C=O) groups is 2. The molecule has 4 rings (SSSR count). The van der Waals surface area contributed by atoms with Crippen LogP contribution >= 0.6 is 0 Å². The van der Waals surface area contributed by atoms with Gasteiger partial charge in [0.15, 0.2) is 17.1 Å². The van der Waals surface area contributed by atoms with Crippen molar-refractivity contribution in [3.8, 4) is 5.75 Å². The number of amides is 1. The van der Waals surface area contributed by atoms with Crippen molar-refractivity contribution in [2.45, 2.75) is 26.3 Å². The number of quaternary nitrogens is 1. The molecule has 10 heteroatoms. The van der Waals surface area contributed by atoms with Gasteiger partial charge in [-0.15, -0.1) is 0 Å². The molecule has 0 radical (unpaired) electrons. The Morgan fingerprint density at radius 3 is 2.57 bits per heavy atom. The zero-order chi connectivity index (χ0) is 26.7. The van der Waals surface area contributed by atoms with Gasteiger partial charge in [-0.3, -0.25) is 19.7 Å². The van der Waals surface area contributed by atoms with Crippen LogP contribution < -0.4 is 14.7 Å². The number of hydrogen-bond acceptors (Lipinski definition) is 7. The van der Waals surface area contributed by atoms with E-state index >= 15 is 0 Å². The Balaban J connectivity index is 1.75. The molecule has 10 nitrogen and oxygen atoms in total. The number of rotatable bonds is 11. The van der Waals surface area contributed by atoms with E-state index in [1.54, 1.807) is 24.3 Å². The molecule has 0 saturated heterocycles. The van der Waals surface area contributed by atoms with Crippen molar-refractivity contribution in [3.63, 3.8) is 0 Å². The Kier molecular flexibility index (Phi) is 7.58. The van der Waals surface area contributed by atoms with Gasteiger partial charge in [0.1, 0.15) is 0 Å². The van der Waals surface area contributed by atoms with Gasteiger partial charge in [-0.2, -0.15) is 0 Å². The van der Waals surface area contributed by atoms with Gasteiger partial charge in [0, 0.05) is 36.1 Å². The number of methoxy groups -OCH3 is 1. The highest BCUT2D eigenvalue weighted by Crippen LogP contribution is 2.40. The second-order valence-corrected chi connectivity index (χ2v) is 8.88. The Morgan fingerprint density at radius 2 is 1.89 bits per heavy atom. The third kappa shape index (κ3) is 4.92. The van der Waals surface area contributed by atoms with E-state index in [0.29, 0.717) is 28.7 Å². The highest BCUT2D eigenvalue weighted by Gasteiger charge is 2.40. The molecule has 1 amide bonds. The van der Waals surface area contributed by atoms with E-state index in [-0.39, 0.29) is 23.6 Å². The van der Waals surface area contributed by atoms with Crippen LogP contribution in [0.5, 0.6) is 5.75 Å². The smallest absolute Gasteiger partial charge is 0.269 e. The molecule has 37 heavy (non-hydrogen) atoms. The van der Waals surface area contributed by atoms with E-state index in [4.69, 9.17) is 9.15 Å². The molecule has 0 saturated carbocycles. The topological polar surface area (TPSA) is 130 Å². The molecule has 1 aromatic heterocycles. The van der Waals surface area contributed by atoms with Crippen LogP contribution in [0.1, 0.15) is 42.4 Å². The van der Waals surface area contributed by atoms with E-state index < -0.39 is 28.4 Å². The molecule has 0 fully saturated rings. The van der Waals surface area contributed by atoms with Crippen LogP contribution in [0, 0.1) is 10.1 Å². The minimum Gasteiger partial charge on any atom is -0.868 e. The largest absolute Gasteiger partial charge is 0.868 e. The molecule has 2 aromatic carbocycles. The number of ether oxygens (including phenoxy) is 1. The van der Waals surface area contributed by atoms with E-state index in [9.17, 15) is 24.8 Å². The second kappa shape index (κ2) is 10.8. The SMILES string of the molecule is CC[NH+](CC)CCCN1C(=O)C([O-])=C(C(=O)c2cc3cccc(OC)c3o2)C1c1cccc([N+](=O)[O-])c1. The standard InChI is InChI=1S/C27H29N3O7/c1-4-28(5-2)13-8-14-29-23(17-9-6-11-19(15-17)30(34)35)22(25(32)27(29)33)24(31)21-16-18-10-7-12-20(36-3)26(18)37-21/h6-7,9-12,15-16,23,32H,4-5,8,13-14H2,1-3H3. The average Bonchev–Trinajstić information content (AvgIpc) is 3.45. The van der Waals surface area contributed by atoms with Crippen LogP contribution in [0.4, 0.5) is 5.69 Å². The van der Waals surface area contributed by atoms with Crippen molar-refractivity contribution in [1.29, 1.82) is 0 Å². The predicted molar refractivity (Wildman–Crippen MR) is 133 cm³/mol. The summed E-state index contributed by atoms with van der Waals surface area (Å²) in [6.07, 6.45) is 0.602. The number of furan rings is 1. The average molecular weight is 508 g/mol. The van der Waals surface area contributed by atoms with E-state index in [2.05, 4.69) is 13.8 Å². The number of carbonyl (C=O) groups excluding carboxylic acids is 2. The fourth-order valence-corrected chi connectivity index (χ4v) is 4.80. The van der Waals surface area contributed by atoms with Gasteiger partial charge in [0.2, 0.25) is 11.7 Å². The molecule has 3 aromatic rings. The Morgan fingerprint density at radius 1 is 1.16 bits per heavy atom. The zero-order valence-electron chi connectivity index (χ0n) is 21.0. The molecule has 0 bridgehead atoms. The first kappa shape index (κ1) is 25.9. The first-order chi connectivity index (χ1) is 17.8. The number of Topliss-reactive ketones (excluding diaryl/α,β-unsaturated/α-hetero) is 1. The minimum atomic E-state index is -1.06. The fourth-order valence-electron chi connectivity index (χ4n) is 4.80. The lowest BCUT2D eigenvalue weighted by Crippen LogP contribution is -3.11. The molecule has 1 N–H and O–H groups in total. The van der Waals surface area contributed by atoms with Crippen molar-refractivity contribution in [2.75, 3.05) is 33.3 Å². The third-order valence-electron chi connectivity index (χ3n) is 6.81. The van der Waals surface area contributed by atoms with Gasteiger partial charge >= 0.3 is 0 Å². The highest BCUT2D eigenvalue weighted by molar-refractivity contribution is 6.16. The van der Waals surface area contributed by atoms with Crippen LogP contribution in [0.15, 0.2) is 64.3 Å². The number of nitrogens with zero attached hydrogens (tertiary/aromatic N) is 2. The molecular weight excluding hydrogens is 478 g/mol. The maximum absolute atomic E-state index is 13.7. The summed E-state index contributed by atoms with van der Waals surface area (Å²) < 4.78 is 11.1. The molecule has 1 unspecified atom stereocenters. The number of nitro groups is 1.